The monoisotopic (exact) mass is 515 g/mol. The SMILES string of the molecule is CCc1sc2ccccc2c1CN1CCN2C(=O)C(Cc3ccccc3)N(C3CCCCC3)C(=O)C2C1. The second kappa shape index (κ2) is 10.6. The van der Waals surface area contributed by atoms with Crippen molar-refractivity contribution in [2.45, 2.75) is 76.5 Å². The molecule has 3 heterocycles. The molecule has 2 aliphatic heterocycles. The van der Waals surface area contributed by atoms with E-state index in [1.807, 2.05) is 39.3 Å². The number of rotatable bonds is 6. The number of piperazine rings is 2. The molecule has 1 aromatic heterocycles. The molecular formula is C31H37N3O2S. The van der Waals surface area contributed by atoms with Crippen molar-refractivity contribution in [2.75, 3.05) is 19.6 Å². The number of thiophene rings is 1. The molecule has 1 saturated carbocycles. The lowest BCUT2D eigenvalue weighted by Gasteiger charge is -2.52. The summed E-state index contributed by atoms with van der Waals surface area (Å²) in [4.78, 5) is 36.0. The highest BCUT2D eigenvalue weighted by atomic mass is 32.1. The van der Waals surface area contributed by atoms with Crippen LogP contribution < -0.4 is 0 Å². The van der Waals surface area contributed by atoms with E-state index in [1.165, 1.54) is 26.9 Å². The first-order valence-electron chi connectivity index (χ1n) is 14.0. The molecule has 6 heteroatoms. The molecule has 6 rings (SSSR count). The predicted octanol–water partition coefficient (Wildman–Crippen LogP) is 5.26. The van der Waals surface area contributed by atoms with Gasteiger partial charge < -0.3 is 9.80 Å². The fraction of sp³-hybridized carbons (Fsp3) is 0.484. The maximum atomic E-state index is 14.2. The van der Waals surface area contributed by atoms with Gasteiger partial charge in [-0.2, -0.15) is 0 Å². The fourth-order valence-electron chi connectivity index (χ4n) is 6.74. The Balaban J connectivity index is 1.26. The molecule has 2 atom stereocenters. The Morgan fingerprint density at radius 2 is 1.65 bits per heavy atom. The van der Waals surface area contributed by atoms with Crippen LogP contribution in [0.2, 0.25) is 0 Å². The third kappa shape index (κ3) is 4.70. The second-order valence-corrected chi connectivity index (χ2v) is 12.0. The second-order valence-electron chi connectivity index (χ2n) is 10.9. The lowest BCUT2D eigenvalue weighted by Crippen LogP contribution is -2.71. The molecule has 3 aromatic rings. The Morgan fingerprint density at radius 1 is 0.892 bits per heavy atom. The number of amides is 2. The zero-order chi connectivity index (χ0) is 25.4. The first-order chi connectivity index (χ1) is 18.1. The van der Waals surface area contributed by atoms with Crippen LogP contribution in [0.25, 0.3) is 10.1 Å². The van der Waals surface area contributed by atoms with Crippen LogP contribution in [-0.4, -0.2) is 64.3 Å². The molecule has 0 radical (unpaired) electrons. The molecule has 1 aliphatic carbocycles. The van der Waals surface area contributed by atoms with Crippen LogP contribution in [0.1, 0.15) is 55.0 Å². The van der Waals surface area contributed by atoms with E-state index in [4.69, 9.17) is 0 Å². The van der Waals surface area contributed by atoms with Gasteiger partial charge in [-0.3, -0.25) is 14.5 Å². The third-order valence-electron chi connectivity index (χ3n) is 8.63. The Kier molecular flexibility index (Phi) is 7.04. The zero-order valence-corrected chi connectivity index (χ0v) is 22.6. The minimum absolute atomic E-state index is 0.147. The smallest absolute Gasteiger partial charge is 0.247 e. The van der Waals surface area contributed by atoms with E-state index >= 15 is 0 Å². The molecule has 3 fully saturated rings. The summed E-state index contributed by atoms with van der Waals surface area (Å²) in [6, 6.07) is 18.3. The minimum Gasteiger partial charge on any atom is -0.326 e. The van der Waals surface area contributed by atoms with Crippen LogP contribution in [0.3, 0.4) is 0 Å². The highest BCUT2D eigenvalue weighted by molar-refractivity contribution is 7.19. The summed E-state index contributed by atoms with van der Waals surface area (Å²) in [5.74, 6) is 0.317. The number of carbonyl (C=O) groups is 2. The maximum Gasteiger partial charge on any atom is 0.247 e. The van der Waals surface area contributed by atoms with Gasteiger partial charge in [0.1, 0.15) is 12.1 Å². The van der Waals surface area contributed by atoms with Crippen LogP contribution in [0.4, 0.5) is 0 Å². The van der Waals surface area contributed by atoms with Gasteiger partial charge in [0.25, 0.3) is 0 Å². The number of nitrogens with zero attached hydrogens (tertiary/aromatic N) is 3. The quantitative estimate of drug-likeness (QED) is 0.450. The lowest BCUT2D eigenvalue weighted by atomic mass is 9.88. The first-order valence-corrected chi connectivity index (χ1v) is 14.8. The molecule has 0 bridgehead atoms. The number of hydrogen-bond acceptors (Lipinski definition) is 4. The number of carbonyl (C=O) groups excluding carboxylic acids is 2. The van der Waals surface area contributed by atoms with Crippen molar-refractivity contribution in [1.82, 2.24) is 14.7 Å². The van der Waals surface area contributed by atoms with Crippen molar-refractivity contribution in [1.29, 1.82) is 0 Å². The van der Waals surface area contributed by atoms with E-state index in [2.05, 4.69) is 48.2 Å². The molecule has 0 N–H and O–H groups in total. The van der Waals surface area contributed by atoms with Crippen molar-refractivity contribution in [3.8, 4) is 0 Å². The molecule has 2 aromatic carbocycles. The number of hydrogen-bond donors (Lipinski definition) is 0. The largest absolute Gasteiger partial charge is 0.326 e. The van der Waals surface area contributed by atoms with Crippen LogP contribution in [0.15, 0.2) is 54.6 Å². The summed E-state index contributed by atoms with van der Waals surface area (Å²) in [6.07, 6.45) is 7.18. The van der Waals surface area contributed by atoms with Gasteiger partial charge in [-0.05, 0) is 41.8 Å². The average molecular weight is 516 g/mol. The minimum atomic E-state index is -0.381. The van der Waals surface area contributed by atoms with Gasteiger partial charge in [-0.1, -0.05) is 74.7 Å². The van der Waals surface area contributed by atoms with E-state index in [9.17, 15) is 9.59 Å². The molecular weight excluding hydrogens is 478 g/mol. The van der Waals surface area contributed by atoms with E-state index in [-0.39, 0.29) is 29.9 Å². The maximum absolute atomic E-state index is 14.2. The van der Waals surface area contributed by atoms with Gasteiger partial charge >= 0.3 is 0 Å². The standard InChI is InChI=1S/C31H37N3O2S/c1-2-28-25(24-15-9-10-16-29(24)37-28)20-32-17-18-33-27(21-32)31(36)34(23-13-7-4-8-14-23)26(30(33)35)19-22-11-5-3-6-12-22/h3,5-6,9-12,15-16,23,26-27H,2,4,7-8,13-14,17-21H2,1H3. The van der Waals surface area contributed by atoms with Gasteiger partial charge in [0, 0.05) is 48.2 Å². The van der Waals surface area contributed by atoms with Gasteiger partial charge in [-0.15, -0.1) is 11.3 Å². The van der Waals surface area contributed by atoms with E-state index in [0.29, 0.717) is 19.5 Å². The molecule has 194 valence electrons. The summed E-state index contributed by atoms with van der Waals surface area (Å²) < 4.78 is 1.34. The summed E-state index contributed by atoms with van der Waals surface area (Å²) in [5.41, 5.74) is 2.53. The normalized spacial score (nSPS) is 23.6. The predicted molar refractivity (Wildman–Crippen MR) is 150 cm³/mol. The van der Waals surface area contributed by atoms with Gasteiger partial charge in [0.2, 0.25) is 11.8 Å². The molecule has 2 unspecified atom stereocenters. The first kappa shape index (κ1) is 24.6. The summed E-state index contributed by atoms with van der Waals surface area (Å²) in [6.45, 7) is 5.13. The van der Waals surface area contributed by atoms with E-state index in [1.54, 1.807) is 0 Å². The highest BCUT2D eigenvalue weighted by Gasteiger charge is 2.50. The molecule has 2 saturated heterocycles. The summed E-state index contributed by atoms with van der Waals surface area (Å²) in [7, 11) is 0. The molecule has 3 aliphatic rings. The van der Waals surface area contributed by atoms with E-state index < -0.39 is 0 Å². The number of benzene rings is 2. The molecule has 37 heavy (non-hydrogen) atoms. The Labute approximate surface area is 224 Å². The number of aryl methyl sites for hydroxylation is 1. The van der Waals surface area contributed by atoms with Crippen molar-refractivity contribution >= 4 is 33.2 Å². The zero-order valence-electron chi connectivity index (χ0n) is 21.8. The highest BCUT2D eigenvalue weighted by Crippen LogP contribution is 2.35. The van der Waals surface area contributed by atoms with Crippen LogP contribution in [0, 0.1) is 0 Å². The topological polar surface area (TPSA) is 43.9 Å². The third-order valence-corrected chi connectivity index (χ3v) is 9.99. The summed E-state index contributed by atoms with van der Waals surface area (Å²) in [5, 5.41) is 1.34. The molecule has 2 amide bonds. The van der Waals surface area contributed by atoms with Crippen molar-refractivity contribution in [3.05, 3.63) is 70.6 Å². The van der Waals surface area contributed by atoms with Crippen LogP contribution in [-0.2, 0) is 29.0 Å². The lowest BCUT2D eigenvalue weighted by molar-refractivity contribution is -0.169. The molecule has 0 spiro atoms. The average Bonchev–Trinajstić information content (AvgIpc) is 3.30. The fourth-order valence-corrected chi connectivity index (χ4v) is 7.90. The summed E-state index contributed by atoms with van der Waals surface area (Å²) >= 11 is 1.89. The van der Waals surface area contributed by atoms with Gasteiger partial charge in [-0.25, -0.2) is 0 Å². The van der Waals surface area contributed by atoms with E-state index in [0.717, 1.165) is 50.8 Å². The number of fused-ring (bicyclic) bond motifs is 2. The Hall–Kier alpha value is -2.70. The Morgan fingerprint density at radius 3 is 2.43 bits per heavy atom. The van der Waals surface area contributed by atoms with Gasteiger partial charge in [0.15, 0.2) is 0 Å². The molecule has 5 nitrogen and oxygen atoms in total. The van der Waals surface area contributed by atoms with Gasteiger partial charge in [0.05, 0.1) is 0 Å². The van der Waals surface area contributed by atoms with Crippen molar-refractivity contribution < 1.29 is 9.59 Å². The van der Waals surface area contributed by atoms with Crippen LogP contribution in [0.5, 0.6) is 0 Å². The van der Waals surface area contributed by atoms with Crippen molar-refractivity contribution in [3.63, 3.8) is 0 Å². The Bertz CT molecular complexity index is 1270. The van der Waals surface area contributed by atoms with Crippen LogP contribution >= 0.6 is 11.3 Å². The van der Waals surface area contributed by atoms with Crippen molar-refractivity contribution in [2.24, 2.45) is 0 Å².